The number of rotatable bonds is 5. The van der Waals surface area contributed by atoms with Crippen LogP contribution in [0.1, 0.15) is 43.0 Å². The quantitative estimate of drug-likeness (QED) is 0.833. The van der Waals surface area contributed by atoms with Gasteiger partial charge in [0, 0.05) is 11.6 Å². The number of hydrogen-bond acceptors (Lipinski definition) is 3. The first-order valence-corrected chi connectivity index (χ1v) is 7.87. The lowest BCUT2D eigenvalue weighted by molar-refractivity contribution is -0.189. The predicted octanol–water partition coefficient (Wildman–Crippen LogP) is 3.51. The number of ether oxygens (including phenoxy) is 1. The zero-order valence-electron chi connectivity index (χ0n) is 13.4. The maximum absolute atomic E-state index is 13.0. The van der Waals surface area contributed by atoms with Crippen LogP contribution in [0.5, 0.6) is 5.75 Å². The third kappa shape index (κ3) is 4.97. The summed E-state index contributed by atoms with van der Waals surface area (Å²) in [6.45, 7) is 1.07. The van der Waals surface area contributed by atoms with Gasteiger partial charge in [-0.2, -0.15) is 13.2 Å². The minimum atomic E-state index is -4.30. The van der Waals surface area contributed by atoms with E-state index in [4.69, 9.17) is 4.74 Å². The van der Waals surface area contributed by atoms with E-state index in [1.54, 1.807) is 24.3 Å². The van der Waals surface area contributed by atoms with E-state index >= 15 is 0 Å². The molecule has 0 aliphatic heterocycles. The molecule has 2 atom stereocenters. The maximum Gasteiger partial charge on any atom is 0.393 e. The Morgan fingerprint density at radius 3 is 2.38 bits per heavy atom. The minimum Gasteiger partial charge on any atom is -0.484 e. The van der Waals surface area contributed by atoms with Gasteiger partial charge in [0.25, 0.3) is 5.91 Å². The lowest BCUT2D eigenvalue weighted by atomic mass is 9.84. The molecule has 0 saturated heterocycles. The van der Waals surface area contributed by atoms with Gasteiger partial charge in [-0.25, -0.2) is 0 Å². The summed E-state index contributed by atoms with van der Waals surface area (Å²) in [5.41, 5.74) is 0.516. The van der Waals surface area contributed by atoms with E-state index in [-0.39, 0.29) is 18.8 Å². The van der Waals surface area contributed by atoms with Crippen molar-refractivity contribution in [3.63, 3.8) is 0 Å². The summed E-state index contributed by atoms with van der Waals surface area (Å²) in [6.07, 6.45) is -2.74. The molecule has 7 heteroatoms. The number of halogens is 3. The molecule has 24 heavy (non-hydrogen) atoms. The first-order chi connectivity index (χ1) is 11.3. The molecule has 1 aliphatic rings. The highest BCUT2D eigenvalue weighted by Crippen LogP contribution is 2.37. The average molecular weight is 343 g/mol. The van der Waals surface area contributed by atoms with E-state index in [0.717, 1.165) is 0 Å². The second-order valence-corrected chi connectivity index (χ2v) is 5.98. The maximum atomic E-state index is 13.0. The molecule has 0 unspecified atom stereocenters. The van der Waals surface area contributed by atoms with Gasteiger partial charge < -0.3 is 10.1 Å². The molecule has 0 radical (unpaired) electrons. The van der Waals surface area contributed by atoms with E-state index in [1.807, 2.05) is 0 Å². The second kappa shape index (κ2) is 7.68. The van der Waals surface area contributed by atoms with Crippen LogP contribution in [0.3, 0.4) is 0 Å². The molecule has 0 aromatic heterocycles. The van der Waals surface area contributed by atoms with Crippen molar-refractivity contribution in [3.05, 3.63) is 29.8 Å². The number of Topliss-reactive ketones (excluding diaryl/α,β-unsaturated/α-hetero) is 1. The molecule has 1 aromatic carbocycles. The van der Waals surface area contributed by atoms with Crippen molar-refractivity contribution in [1.82, 2.24) is 5.32 Å². The fourth-order valence-corrected chi connectivity index (χ4v) is 2.88. The number of carbonyl (C=O) groups excluding carboxylic acids is 2. The molecular weight excluding hydrogens is 323 g/mol. The normalized spacial score (nSPS) is 21.2. The standard InChI is InChI=1S/C17H20F3NO3/c1-11(22)12-6-8-13(9-7-12)24-10-16(23)21-15-5-3-2-4-14(15)17(18,19)20/h6-9,14-15H,2-5,10H2,1H3,(H,21,23)/t14-,15-/m1/s1. The van der Waals surface area contributed by atoms with Crippen LogP contribution >= 0.6 is 0 Å². The average Bonchev–Trinajstić information content (AvgIpc) is 2.53. The predicted molar refractivity (Wildman–Crippen MR) is 81.9 cm³/mol. The molecule has 1 saturated carbocycles. The molecule has 1 aromatic rings. The number of nitrogens with one attached hydrogen (secondary N) is 1. The molecule has 1 N–H and O–H groups in total. The van der Waals surface area contributed by atoms with Crippen LogP contribution in [0.15, 0.2) is 24.3 Å². The van der Waals surface area contributed by atoms with Crippen LogP contribution in [0.25, 0.3) is 0 Å². The van der Waals surface area contributed by atoms with E-state index < -0.39 is 24.0 Å². The Hall–Kier alpha value is -2.05. The zero-order valence-corrected chi connectivity index (χ0v) is 13.4. The zero-order chi connectivity index (χ0) is 17.7. The third-order valence-electron chi connectivity index (χ3n) is 4.16. The number of amides is 1. The topological polar surface area (TPSA) is 55.4 Å². The van der Waals surface area contributed by atoms with E-state index in [1.165, 1.54) is 6.92 Å². The van der Waals surface area contributed by atoms with Gasteiger partial charge in [0.15, 0.2) is 12.4 Å². The van der Waals surface area contributed by atoms with Crippen molar-refractivity contribution in [2.75, 3.05) is 6.61 Å². The highest BCUT2D eigenvalue weighted by atomic mass is 19.4. The van der Waals surface area contributed by atoms with Gasteiger partial charge in [-0.1, -0.05) is 12.8 Å². The Labute approximate surface area is 138 Å². The van der Waals surface area contributed by atoms with E-state index in [9.17, 15) is 22.8 Å². The monoisotopic (exact) mass is 343 g/mol. The molecule has 1 fully saturated rings. The first kappa shape index (κ1) is 18.3. The third-order valence-corrected chi connectivity index (χ3v) is 4.16. The Bertz CT molecular complexity index is 584. The van der Waals surface area contributed by atoms with Crippen molar-refractivity contribution < 1.29 is 27.5 Å². The fourth-order valence-electron chi connectivity index (χ4n) is 2.88. The molecule has 1 amide bonds. The van der Waals surface area contributed by atoms with Crippen LogP contribution < -0.4 is 10.1 Å². The molecule has 0 heterocycles. The molecule has 132 valence electrons. The van der Waals surface area contributed by atoms with Crippen LogP contribution in [-0.4, -0.2) is 30.5 Å². The number of carbonyl (C=O) groups is 2. The number of ketones is 1. The van der Waals surface area contributed by atoms with Crippen LogP contribution in [0.2, 0.25) is 0 Å². The smallest absolute Gasteiger partial charge is 0.393 e. The van der Waals surface area contributed by atoms with Crippen LogP contribution in [-0.2, 0) is 4.79 Å². The van der Waals surface area contributed by atoms with Crippen LogP contribution in [0, 0.1) is 5.92 Å². The summed E-state index contributed by atoms with van der Waals surface area (Å²) in [5, 5.41) is 2.44. The van der Waals surface area contributed by atoms with Crippen LogP contribution in [0.4, 0.5) is 13.2 Å². The van der Waals surface area contributed by atoms with Crippen molar-refractivity contribution in [2.45, 2.75) is 44.8 Å². The van der Waals surface area contributed by atoms with Gasteiger partial charge in [-0.15, -0.1) is 0 Å². The van der Waals surface area contributed by atoms with Crippen molar-refractivity contribution in [1.29, 1.82) is 0 Å². The van der Waals surface area contributed by atoms with Gasteiger partial charge in [0.1, 0.15) is 5.75 Å². The Morgan fingerprint density at radius 2 is 1.79 bits per heavy atom. The van der Waals surface area contributed by atoms with E-state index in [0.29, 0.717) is 30.6 Å². The summed E-state index contributed by atoms with van der Waals surface area (Å²) in [6, 6.07) is 5.33. The Kier molecular flexibility index (Phi) is 5.85. The van der Waals surface area contributed by atoms with E-state index in [2.05, 4.69) is 5.32 Å². The SMILES string of the molecule is CC(=O)c1ccc(OCC(=O)N[C@@H]2CCCC[C@H]2C(F)(F)F)cc1. The molecular formula is C17H20F3NO3. The van der Waals surface area contributed by atoms with Crippen molar-refractivity contribution >= 4 is 11.7 Å². The summed E-state index contributed by atoms with van der Waals surface area (Å²) < 4.78 is 44.2. The number of alkyl halides is 3. The van der Waals surface area contributed by atoms with Gasteiger partial charge in [-0.3, -0.25) is 9.59 Å². The summed E-state index contributed by atoms with van der Waals surface area (Å²) in [7, 11) is 0. The largest absolute Gasteiger partial charge is 0.484 e. The minimum absolute atomic E-state index is 0.0435. The lowest BCUT2D eigenvalue weighted by Gasteiger charge is -2.33. The molecule has 4 nitrogen and oxygen atoms in total. The highest BCUT2D eigenvalue weighted by Gasteiger charge is 2.45. The second-order valence-electron chi connectivity index (χ2n) is 5.98. The first-order valence-electron chi connectivity index (χ1n) is 7.87. The molecule has 0 spiro atoms. The van der Waals surface area contributed by atoms with Crippen molar-refractivity contribution in [2.24, 2.45) is 5.92 Å². The van der Waals surface area contributed by atoms with Gasteiger partial charge in [0.05, 0.1) is 5.92 Å². The number of benzene rings is 1. The summed E-state index contributed by atoms with van der Waals surface area (Å²) >= 11 is 0. The Balaban J connectivity index is 1.87. The van der Waals surface area contributed by atoms with Gasteiger partial charge in [0.2, 0.25) is 0 Å². The number of hydrogen-bond donors (Lipinski definition) is 1. The lowest BCUT2D eigenvalue weighted by Crippen LogP contribution is -2.48. The molecule has 0 bridgehead atoms. The van der Waals surface area contributed by atoms with Crippen molar-refractivity contribution in [3.8, 4) is 5.75 Å². The molecule has 2 rings (SSSR count). The van der Waals surface area contributed by atoms with Gasteiger partial charge in [-0.05, 0) is 44.0 Å². The summed E-state index contributed by atoms with van der Waals surface area (Å²) in [4.78, 5) is 23.0. The highest BCUT2D eigenvalue weighted by molar-refractivity contribution is 5.94. The Morgan fingerprint density at radius 1 is 1.17 bits per heavy atom. The fraction of sp³-hybridized carbons (Fsp3) is 0.529. The molecule has 1 aliphatic carbocycles. The van der Waals surface area contributed by atoms with Gasteiger partial charge >= 0.3 is 6.18 Å². The summed E-state index contributed by atoms with van der Waals surface area (Å²) in [5.74, 6) is -1.78.